The number of halogens is 4. The molecule has 8 heteroatoms. The molecule has 0 spiro atoms. The van der Waals surface area contributed by atoms with Crippen molar-refractivity contribution in [1.29, 1.82) is 0 Å². The number of hydrogen-bond donors (Lipinski definition) is 1. The first-order valence-electron chi connectivity index (χ1n) is 9.05. The van der Waals surface area contributed by atoms with Crippen molar-refractivity contribution in [3.05, 3.63) is 51.3 Å². The van der Waals surface area contributed by atoms with E-state index in [2.05, 4.69) is 32.4 Å². The number of benzene rings is 1. The highest BCUT2D eigenvalue weighted by Crippen LogP contribution is 2.47. The lowest BCUT2D eigenvalue weighted by Crippen LogP contribution is -2.34. The van der Waals surface area contributed by atoms with Crippen molar-refractivity contribution in [2.24, 2.45) is 0 Å². The van der Waals surface area contributed by atoms with Gasteiger partial charge in [-0.05, 0) is 59.2 Å². The molecular formula is C19H19BrF3N3O. The van der Waals surface area contributed by atoms with Crippen molar-refractivity contribution in [2.45, 2.75) is 56.8 Å². The zero-order valence-electron chi connectivity index (χ0n) is 14.5. The number of hydrogen-bond acceptors (Lipinski definition) is 2. The zero-order valence-corrected chi connectivity index (χ0v) is 16.1. The molecular weight excluding hydrogens is 423 g/mol. The van der Waals surface area contributed by atoms with Crippen LogP contribution in [0.25, 0.3) is 0 Å². The average Bonchev–Trinajstić information content (AvgIpc) is 3.38. The fourth-order valence-corrected chi connectivity index (χ4v) is 4.61. The summed E-state index contributed by atoms with van der Waals surface area (Å²) in [5.41, 5.74) is 1.83. The summed E-state index contributed by atoms with van der Waals surface area (Å²) < 4.78 is 40.8. The Kier molecular flexibility index (Phi) is 4.78. The van der Waals surface area contributed by atoms with Crippen molar-refractivity contribution < 1.29 is 18.0 Å². The van der Waals surface area contributed by atoms with Crippen LogP contribution < -0.4 is 5.32 Å². The number of carbonyl (C=O) groups is 1. The Labute approximate surface area is 163 Å². The minimum Gasteiger partial charge on any atom is -0.348 e. The molecule has 2 aromatic rings. The van der Waals surface area contributed by atoms with Gasteiger partial charge in [-0.15, -0.1) is 0 Å². The van der Waals surface area contributed by atoms with Crippen LogP contribution in [0.1, 0.15) is 60.2 Å². The highest BCUT2D eigenvalue weighted by atomic mass is 79.9. The highest BCUT2D eigenvalue weighted by Gasteiger charge is 2.42. The molecule has 1 aromatic heterocycles. The van der Waals surface area contributed by atoms with E-state index in [4.69, 9.17) is 0 Å². The molecule has 1 saturated carbocycles. The maximum atomic E-state index is 13.2. The number of rotatable bonds is 4. The van der Waals surface area contributed by atoms with E-state index in [0.29, 0.717) is 5.69 Å². The normalized spacial score (nSPS) is 19.6. The van der Waals surface area contributed by atoms with E-state index in [1.165, 1.54) is 10.2 Å². The van der Waals surface area contributed by atoms with Crippen LogP contribution in [0.2, 0.25) is 0 Å². The molecule has 1 amide bonds. The predicted octanol–water partition coefficient (Wildman–Crippen LogP) is 4.74. The van der Waals surface area contributed by atoms with E-state index in [9.17, 15) is 18.0 Å². The number of aryl methyl sites for hydroxylation is 1. The topological polar surface area (TPSA) is 46.9 Å². The molecule has 1 N–H and O–H groups in total. The fourth-order valence-electron chi connectivity index (χ4n) is 3.78. The van der Waals surface area contributed by atoms with Crippen LogP contribution in [0.15, 0.2) is 28.7 Å². The first-order chi connectivity index (χ1) is 12.8. The van der Waals surface area contributed by atoms with Gasteiger partial charge < -0.3 is 5.32 Å². The van der Waals surface area contributed by atoms with Gasteiger partial charge in [0, 0.05) is 5.92 Å². The molecule has 4 nitrogen and oxygen atoms in total. The largest absolute Gasteiger partial charge is 0.436 e. The summed E-state index contributed by atoms with van der Waals surface area (Å²) in [4.78, 5) is 12.6. The number of fused-ring (bicyclic) bond motifs is 1. The minimum absolute atomic E-state index is 0.0335. The van der Waals surface area contributed by atoms with E-state index in [-0.39, 0.29) is 28.9 Å². The average molecular weight is 442 g/mol. The molecule has 27 heavy (non-hydrogen) atoms. The lowest BCUT2D eigenvalue weighted by atomic mass is 9.88. The molecule has 1 unspecified atom stereocenters. The maximum absolute atomic E-state index is 13.2. The first kappa shape index (κ1) is 18.5. The van der Waals surface area contributed by atoms with Crippen LogP contribution in [-0.2, 0) is 23.9 Å². The number of alkyl halides is 3. The Morgan fingerprint density at radius 2 is 2.00 bits per heavy atom. The molecule has 1 heterocycles. The van der Waals surface area contributed by atoms with Crippen LogP contribution >= 0.6 is 15.9 Å². The zero-order chi connectivity index (χ0) is 19.2. The number of carbonyl (C=O) groups excluding carboxylic acids is 1. The first-order valence-corrected chi connectivity index (χ1v) is 9.84. The lowest BCUT2D eigenvalue weighted by Gasteiger charge is -2.26. The summed E-state index contributed by atoms with van der Waals surface area (Å²) in [5.74, 6) is -0.284. The highest BCUT2D eigenvalue weighted by molar-refractivity contribution is 9.10. The van der Waals surface area contributed by atoms with Gasteiger partial charge >= 0.3 is 6.18 Å². The maximum Gasteiger partial charge on any atom is 0.436 e. The summed E-state index contributed by atoms with van der Waals surface area (Å²) in [6, 6.07) is 7.87. The van der Waals surface area contributed by atoms with E-state index in [0.717, 1.165) is 37.7 Å². The Morgan fingerprint density at radius 1 is 1.26 bits per heavy atom. The van der Waals surface area contributed by atoms with Gasteiger partial charge in [0.1, 0.15) is 6.54 Å². The fraction of sp³-hybridized carbons (Fsp3) is 0.474. The standard InChI is InChI=1S/C19H19BrF3N3O/c20-16-17(12-8-9-12)26(25-18(16)19(21,22)23)10-15(27)24-14-7-3-5-11-4-1-2-6-13(11)14/h1-2,4,6,12,14H,3,5,7-10H2,(H,24,27). The van der Waals surface area contributed by atoms with Crippen molar-refractivity contribution in [1.82, 2.24) is 15.1 Å². The summed E-state index contributed by atoms with van der Waals surface area (Å²) in [6.07, 6.45) is -0.129. The number of amides is 1. The van der Waals surface area contributed by atoms with Gasteiger partial charge in [0.2, 0.25) is 5.91 Å². The molecule has 0 saturated heterocycles. The molecule has 2 aliphatic carbocycles. The molecule has 144 valence electrons. The Morgan fingerprint density at radius 3 is 2.70 bits per heavy atom. The van der Waals surface area contributed by atoms with Crippen LogP contribution in [0.3, 0.4) is 0 Å². The molecule has 1 atom stereocenters. The van der Waals surface area contributed by atoms with Crippen LogP contribution in [-0.4, -0.2) is 15.7 Å². The third kappa shape index (κ3) is 3.77. The monoisotopic (exact) mass is 441 g/mol. The molecule has 0 radical (unpaired) electrons. The summed E-state index contributed by atoms with van der Waals surface area (Å²) in [5, 5.41) is 6.68. The van der Waals surface area contributed by atoms with E-state index >= 15 is 0 Å². The van der Waals surface area contributed by atoms with E-state index < -0.39 is 11.9 Å². The van der Waals surface area contributed by atoms with Crippen LogP contribution in [0.5, 0.6) is 0 Å². The Bertz CT molecular complexity index is 874. The van der Waals surface area contributed by atoms with E-state index in [1.54, 1.807) is 0 Å². The Hall–Kier alpha value is -1.83. The van der Waals surface area contributed by atoms with Crippen LogP contribution in [0, 0.1) is 0 Å². The third-order valence-corrected chi connectivity index (χ3v) is 5.94. The van der Waals surface area contributed by atoms with Gasteiger partial charge in [0.15, 0.2) is 5.69 Å². The summed E-state index contributed by atoms with van der Waals surface area (Å²) >= 11 is 3.05. The van der Waals surface area contributed by atoms with Gasteiger partial charge in [-0.3, -0.25) is 9.48 Å². The predicted molar refractivity (Wildman–Crippen MR) is 97.2 cm³/mol. The molecule has 2 aliphatic rings. The van der Waals surface area contributed by atoms with Gasteiger partial charge in [-0.2, -0.15) is 18.3 Å². The third-order valence-electron chi connectivity index (χ3n) is 5.16. The smallest absolute Gasteiger partial charge is 0.348 e. The second-order valence-corrected chi connectivity index (χ2v) is 7.98. The van der Waals surface area contributed by atoms with Crippen LogP contribution in [0.4, 0.5) is 13.2 Å². The molecule has 0 bridgehead atoms. The lowest BCUT2D eigenvalue weighted by molar-refractivity contribution is -0.142. The SMILES string of the molecule is O=C(Cn1nc(C(F)(F)F)c(Br)c1C1CC1)NC1CCCc2ccccc21. The number of nitrogens with zero attached hydrogens (tertiary/aromatic N) is 2. The summed E-state index contributed by atoms with van der Waals surface area (Å²) in [7, 11) is 0. The molecule has 4 rings (SSSR count). The quantitative estimate of drug-likeness (QED) is 0.744. The number of nitrogens with one attached hydrogen (secondary N) is 1. The molecule has 1 fully saturated rings. The summed E-state index contributed by atoms with van der Waals surface area (Å²) in [6.45, 7) is -0.209. The van der Waals surface area contributed by atoms with Crippen molar-refractivity contribution in [3.63, 3.8) is 0 Å². The van der Waals surface area contributed by atoms with Crippen molar-refractivity contribution >= 4 is 21.8 Å². The van der Waals surface area contributed by atoms with Gasteiger partial charge in [-0.25, -0.2) is 0 Å². The molecule has 0 aliphatic heterocycles. The minimum atomic E-state index is -4.55. The van der Waals surface area contributed by atoms with E-state index in [1.807, 2.05) is 18.2 Å². The second kappa shape index (κ2) is 6.96. The van der Waals surface area contributed by atoms with Gasteiger partial charge in [0.05, 0.1) is 16.2 Å². The molecule has 1 aromatic carbocycles. The second-order valence-electron chi connectivity index (χ2n) is 7.19. The van der Waals surface area contributed by atoms with Gasteiger partial charge in [0.25, 0.3) is 0 Å². The Balaban J connectivity index is 1.54. The van der Waals surface area contributed by atoms with Gasteiger partial charge in [-0.1, -0.05) is 24.3 Å². The number of aromatic nitrogens is 2. The van der Waals surface area contributed by atoms with Crippen molar-refractivity contribution in [3.8, 4) is 0 Å². The van der Waals surface area contributed by atoms with Crippen molar-refractivity contribution in [2.75, 3.05) is 0 Å².